The lowest BCUT2D eigenvalue weighted by molar-refractivity contribution is -0.140. The van der Waals surface area contributed by atoms with E-state index in [-0.39, 0.29) is 11.8 Å². The number of rotatable bonds is 5. The first kappa shape index (κ1) is 13.3. The lowest BCUT2D eigenvalue weighted by Gasteiger charge is -2.30. The summed E-state index contributed by atoms with van der Waals surface area (Å²) in [5, 5.41) is 11.6. The molecular weight excluding hydrogens is 232 g/mol. The Hall–Kier alpha value is -1.10. The van der Waals surface area contributed by atoms with Crippen molar-refractivity contribution in [1.82, 2.24) is 10.2 Å². The summed E-state index contributed by atoms with van der Waals surface area (Å²) in [5.41, 5.74) is 0. The van der Waals surface area contributed by atoms with Crippen LogP contribution in [0.1, 0.15) is 26.2 Å². The number of carbonyl (C=O) groups is 2. The molecule has 0 spiro atoms. The largest absolute Gasteiger partial charge is 0.481 e. The van der Waals surface area contributed by atoms with Gasteiger partial charge in [0.25, 0.3) is 0 Å². The van der Waals surface area contributed by atoms with E-state index in [0.717, 1.165) is 25.6 Å². The van der Waals surface area contributed by atoms with Crippen molar-refractivity contribution in [1.29, 1.82) is 0 Å². The van der Waals surface area contributed by atoms with Crippen molar-refractivity contribution in [2.75, 3.05) is 26.2 Å². The van der Waals surface area contributed by atoms with Crippen LogP contribution >= 0.6 is 0 Å². The Morgan fingerprint density at radius 1 is 1.28 bits per heavy atom. The first-order chi connectivity index (χ1) is 8.58. The molecule has 102 valence electrons. The number of amides is 1. The van der Waals surface area contributed by atoms with Crippen LogP contribution in [0.25, 0.3) is 0 Å². The van der Waals surface area contributed by atoms with Gasteiger partial charge in [-0.1, -0.05) is 6.92 Å². The van der Waals surface area contributed by atoms with Gasteiger partial charge in [-0.3, -0.25) is 9.59 Å². The highest BCUT2D eigenvalue weighted by Gasteiger charge is 2.48. The summed E-state index contributed by atoms with van der Waals surface area (Å²) in [7, 11) is 0. The maximum absolute atomic E-state index is 11.6. The Bertz CT molecular complexity index is 324. The number of nitrogens with one attached hydrogen (secondary N) is 1. The zero-order valence-electron chi connectivity index (χ0n) is 10.9. The predicted octanol–water partition coefficient (Wildman–Crippen LogP) is 0.555. The van der Waals surface area contributed by atoms with Gasteiger partial charge in [-0.05, 0) is 38.3 Å². The van der Waals surface area contributed by atoms with Crippen LogP contribution in [-0.4, -0.2) is 48.1 Å². The molecule has 1 saturated carbocycles. The van der Waals surface area contributed by atoms with Crippen LogP contribution in [0.15, 0.2) is 0 Å². The smallest absolute Gasteiger partial charge is 0.307 e. The van der Waals surface area contributed by atoms with Crippen molar-refractivity contribution >= 4 is 11.9 Å². The Kier molecular flexibility index (Phi) is 4.22. The third-order valence-corrected chi connectivity index (χ3v) is 4.05. The van der Waals surface area contributed by atoms with Gasteiger partial charge < -0.3 is 15.3 Å². The van der Waals surface area contributed by atoms with Gasteiger partial charge in [-0.25, -0.2) is 0 Å². The fourth-order valence-electron chi connectivity index (χ4n) is 2.51. The second-order valence-corrected chi connectivity index (χ2v) is 5.60. The maximum atomic E-state index is 11.6. The molecule has 1 aliphatic heterocycles. The molecule has 0 aromatic carbocycles. The third-order valence-electron chi connectivity index (χ3n) is 4.05. The zero-order valence-corrected chi connectivity index (χ0v) is 10.9. The van der Waals surface area contributed by atoms with E-state index in [4.69, 9.17) is 5.11 Å². The van der Waals surface area contributed by atoms with Gasteiger partial charge in [0, 0.05) is 13.1 Å². The number of hydrogen-bond donors (Lipinski definition) is 2. The van der Waals surface area contributed by atoms with Crippen LogP contribution in [0, 0.1) is 17.8 Å². The Balaban J connectivity index is 1.58. The normalized spacial score (nSPS) is 28.9. The minimum absolute atomic E-state index is 0.0900. The molecule has 0 unspecified atom stereocenters. The highest BCUT2D eigenvalue weighted by molar-refractivity contribution is 5.89. The summed E-state index contributed by atoms with van der Waals surface area (Å²) in [4.78, 5) is 24.6. The van der Waals surface area contributed by atoms with E-state index in [2.05, 4.69) is 17.1 Å². The number of hydrogen-bond acceptors (Lipinski definition) is 3. The highest BCUT2D eigenvalue weighted by atomic mass is 16.4. The number of piperidine rings is 1. The summed E-state index contributed by atoms with van der Waals surface area (Å²) < 4.78 is 0. The van der Waals surface area contributed by atoms with E-state index >= 15 is 0 Å². The van der Waals surface area contributed by atoms with E-state index < -0.39 is 11.9 Å². The molecule has 18 heavy (non-hydrogen) atoms. The second-order valence-electron chi connectivity index (χ2n) is 5.60. The van der Waals surface area contributed by atoms with Gasteiger partial charge in [0.2, 0.25) is 5.91 Å². The lowest BCUT2D eigenvalue weighted by Crippen LogP contribution is -2.39. The number of carboxylic acid groups (broad SMARTS) is 1. The van der Waals surface area contributed by atoms with Crippen LogP contribution in [0.3, 0.4) is 0 Å². The van der Waals surface area contributed by atoms with Crippen LogP contribution in [0.4, 0.5) is 0 Å². The molecule has 2 N–H and O–H groups in total. The topological polar surface area (TPSA) is 69.6 Å². The van der Waals surface area contributed by atoms with Gasteiger partial charge in [0.05, 0.1) is 11.8 Å². The van der Waals surface area contributed by atoms with Gasteiger partial charge in [-0.15, -0.1) is 0 Å². The number of likely N-dealkylation sites (tertiary alicyclic amines) is 1. The van der Waals surface area contributed by atoms with Crippen LogP contribution < -0.4 is 5.32 Å². The van der Waals surface area contributed by atoms with E-state index in [1.54, 1.807) is 0 Å². The molecular formula is C13H22N2O3. The standard InChI is InChI=1S/C13H22N2O3/c1-9-2-5-15(6-3-9)7-4-14-12(16)10-8-11(10)13(17)18/h9-11H,2-8H2,1H3,(H,14,16)(H,17,18)/t10-,11+/m1/s1. The minimum Gasteiger partial charge on any atom is -0.481 e. The first-order valence-corrected chi connectivity index (χ1v) is 6.81. The Morgan fingerprint density at radius 3 is 2.50 bits per heavy atom. The molecule has 1 heterocycles. The number of carbonyl (C=O) groups excluding carboxylic acids is 1. The summed E-state index contributed by atoms with van der Waals surface area (Å²) in [5.74, 6) is -0.851. The molecule has 2 aliphatic rings. The van der Waals surface area contributed by atoms with Crippen molar-refractivity contribution in [3.8, 4) is 0 Å². The molecule has 5 nitrogen and oxygen atoms in total. The number of carboxylic acids is 1. The average molecular weight is 254 g/mol. The molecule has 0 aromatic rings. The Morgan fingerprint density at radius 2 is 1.94 bits per heavy atom. The molecule has 2 atom stereocenters. The molecule has 0 radical (unpaired) electrons. The van der Waals surface area contributed by atoms with E-state index in [1.807, 2.05) is 0 Å². The summed E-state index contributed by atoms with van der Waals surface area (Å²) >= 11 is 0. The fourth-order valence-corrected chi connectivity index (χ4v) is 2.51. The summed E-state index contributed by atoms with van der Waals surface area (Å²) in [6, 6.07) is 0. The Labute approximate surface area is 108 Å². The lowest BCUT2D eigenvalue weighted by atomic mass is 9.99. The van der Waals surface area contributed by atoms with Gasteiger partial charge in [-0.2, -0.15) is 0 Å². The van der Waals surface area contributed by atoms with Crippen molar-refractivity contribution < 1.29 is 14.7 Å². The van der Waals surface area contributed by atoms with Gasteiger partial charge in [0.1, 0.15) is 0 Å². The van der Waals surface area contributed by atoms with Gasteiger partial charge in [0.15, 0.2) is 0 Å². The monoisotopic (exact) mass is 254 g/mol. The quantitative estimate of drug-likeness (QED) is 0.752. The molecule has 2 rings (SSSR count). The average Bonchev–Trinajstić information content (AvgIpc) is 3.11. The molecule has 0 bridgehead atoms. The van der Waals surface area contributed by atoms with Crippen LogP contribution in [0.2, 0.25) is 0 Å². The SMILES string of the molecule is CC1CCN(CCNC(=O)[C@@H]2C[C@@H]2C(=O)O)CC1. The predicted molar refractivity (Wildman–Crippen MR) is 67.1 cm³/mol. The van der Waals surface area contributed by atoms with E-state index in [0.29, 0.717) is 13.0 Å². The first-order valence-electron chi connectivity index (χ1n) is 6.81. The third kappa shape index (κ3) is 3.45. The molecule has 0 aromatic heterocycles. The molecule has 1 amide bonds. The summed E-state index contributed by atoms with van der Waals surface area (Å²) in [6.07, 6.45) is 2.97. The molecule has 1 saturated heterocycles. The minimum atomic E-state index is -0.847. The van der Waals surface area contributed by atoms with Crippen LogP contribution in [-0.2, 0) is 9.59 Å². The zero-order chi connectivity index (χ0) is 13.1. The molecule has 2 fully saturated rings. The fraction of sp³-hybridized carbons (Fsp3) is 0.846. The van der Waals surface area contributed by atoms with E-state index in [1.165, 1.54) is 12.8 Å². The van der Waals surface area contributed by atoms with Crippen molar-refractivity contribution in [2.24, 2.45) is 17.8 Å². The molecule has 1 aliphatic carbocycles. The second kappa shape index (κ2) is 5.69. The van der Waals surface area contributed by atoms with Crippen molar-refractivity contribution in [2.45, 2.75) is 26.2 Å². The summed E-state index contributed by atoms with van der Waals surface area (Å²) in [6.45, 7) is 6.01. The molecule has 5 heteroatoms. The van der Waals surface area contributed by atoms with Crippen LogP contribution in [0.5, 0.6) is 0 Å². The number of nitrogens with zero attached hydrogens (tertiary/aromatic N) is 1. The van der Waals surface area contributed by atoms with Gasteiger partial charge >= 0.3 is 5.97 Å². The van der Waals surface area contributed by atoms with Crippen molar-refractivity contribution in [3.63, 3.8) is 0 Å². The van der Waals surface area contributed by atoms with Crippen molar-refractivity contribution in [3.05, 3.63) is 0 Å². The van der Waals surface area contributed by atoms with E-state index in [9.17, 15) is 9.59 Å². The number of aliphatic carboxylic acids is 1. The maximum Gasteiger partial charge on any atom is 0.307 e. The highest BCUT2D eigenvalue weighted by Crippen LogP contribution is 2.38.